The summed E-state index contributed by atoms with van der Waals surface area (Å²) >= 11 is 0. The second-order valence-electron chi connectivity index (χ2n) is 4.28. The van der Waals surface area contributed by atoms with Crippen LogP contribution in [0.5, 0.6) is 0 Å². The Labute approximate surface area is 105 Å². The first-order valence-corrected chi connectivity index (χ1v) is 7.41. The molecule has 0 aromatic carbocycles. The van der Waals surface area contributed by atoms with Gasteiger partial charge in [0.15, 0.2) is 0 Å². The molecule has 0 bridgehead atoms. The average Bonchev–Trinajstić information content (AvgIpc) is 2.18. The molecule has 6 heteroatoms. The summed E-state index contributed by atoms with van der Waals surface area (Å²) in [7, 11) is -1.23. The van der Waals surface area contributed by atoms with Gasteiger partial charge in [0.1, 0.15) is 0 Å². The summed E-state index contributed by atoms with van der Waals surface area (Å²) in [6, 6.07) is 0. The quantitative estimate of drug-likeness (QED) is 0.712. The molecule has 0 aliphatic heterocycles. The predicted molar refractivity (Wildman–Crippen MR) is 69.5 cm³/mol. The Morgan fingerprint density at radius 2 is 1.75 bits per heavy atom. The second-order valence-corrected chi connectivity index (χ2v) is 6.13. The van der Waals surface area contributed by atoms with Gasteiger partial charge in [-0.15, -0.1) is 12.4 Å². The van der Waals surface area contributed by atoms with Gasteiger partial charge in [-0.2, -0.15) is 0 Å². The molecular formula is C10H23ClN2O2S. The number of hydrogen-bond acceptors (Lipinski definition) is 3. The smallest absolute Gasteiger partial charge is 0.211 e. The van der Waals surface area contributed by atoms with Crippen molar-refractivity contribution in [1.82, 2.24) is 10.0 Å². The van der Waals surface area contributed by atoms with Gasteiger partial charge in [-0.25, -0.2) is 13.1 Å². The highest BCUT2D eigenvalue weighted by Gasteiger charge is 2.20. The maximum atomic E-state index is 11.6. The van der Waals surface area contributed by atoms with Crippen molar-refractivity contribution in [3.05, 3.63) is 0 Å². The lowest BCUT2D eigenvalue weighted by molar-refractivity contribution is 0.384. The Morgan fingerprint density at radius 1 is 1.12 bits per heavy atom. The van der Waals surface area contributed by atoms with Crippen LogP contribution in [0.2, 0.25) is 0 Å². The van der Waals surface area contributed by atoms with E-state index >= 15 is 0 Å². The van der Waals surface area contributed by atoms with E-state index in [9.17, 15) is 8.42 Å². The minimum Gasteiger partial charge on any atom is -0.318 e. The Morgan fingerprint density at radius 3 is 2.31 bits per heavy atom. The van der Waals surface area contributed by atoms with E-state index in [4.69, 9.17) is 0 Å². The van der Waals surface area contributed by atoms with Crippen molar-refractivity contribution in [3.63, 3.8) is 0 Å². The average molecular weight is 271 g/mol. The fraction of sp³-hybridized carbons (Fsp3) is 1.00. The molecule has 4 nitrogen and oxygen atoms in total. The van der Waals surface area contributed by atoms with E-state index in [-0.39, 0.29) is 12.4 Å². The zero-order valence-corrected chi connectivity index (χ0v) is 11.5. The summed E-state index contributed by atoms with van der Waals surface area (Å²) in [5.41, 5.74) is 0. The number of rotatable bonds is 6. The molecule has 1 rings (SSSR count). The van der Waals surface area contributed by atoms with Crippen LogP contribution in [0.3, 0.4) is 0 Å². The van der Waals surface area contributed by atoms with Crippen molar-refractivity contribution in [2.45, 2.75) is 32.1 Å². The molecule has 98 valence electrons. The van der Waals surface area contributed by atoms with Crippen LogP contribution in [-0.4, -0.2) is 34.3 Å². The van der Waals surface area contributed by atoms with Crippen molar-refractivity contribution < 1.29 is 8.42 Å². The molecule has 1 aliphatic rings. The number of likely N-dealkylation sites (N-methyl/N-ethyl adjacent to an activating group) is 1. The summed E-state index contributed by atoms with van der Waals surface area (Å²) in [6.07, 6.45) is 5.80. The third-order valence-electron chi connectivity index (χ3n) is 2.88. The van der Waals surface area contributed by atoms with Gasteiger partial charge >= 0.3 is 0 Å². The van der Waals surface area contributed by atoms with Crippen LogP contribution in [0.4, 0.5) is 0 Å². The van der Waals surface area contributed by atoms with Gasteiger partial charge < -0.3 is 5.32 Å². The monoisotopic (exact) mass is 270 g/mol. The third-order valence-corrected chi connectivity index (χ3v) is 4.43. The van der Waals surface area contributed by atoms with E-state index in [0.717, 1.165) is 12.8 Å². The molecule has 16 heavy (non-hydrogen) atoms. The van der Waals surface area contributed by atoms with E-state index in [1.807, 2.05) is 7.05 Å². The van der Waals surface area contributed by atoms with Gasteiger partial charge in [-0.05, 0) is 25.8 Å². The largest absolute Gasteiger partial charge is 0.318 e. The first kappa shape index (κ1) is 16.2. The van der Waals surface area contributed by atoms with Crippen LogP contribution in [0, 0.1) is 5.92 Å². The second kappa shape index (κ2) is 8.28. The lowest BCUT2D eigenvalue weighted by Gasteiger charge is -2.21. The third kappa shape index (κ3) is 6.68. The van der Waals surface area contributed by atoms with Gasteiger partial charge in [0, 0.05) is 13.1 Å². The van der Waals surface area contributed by atoms with Gasteiger partial charge in [0.05, 0.1) is 5.75 Å². The van der Waals surface area contributed by atoms with Gasteiger partial charge in [0.25, 0.3) is 0 Å². The zero-order valence-electron chi connectivity index (χ0n) is 9.87. The van der Waals surface area contributed by atoms with E-state index in [0.29, 0.717) is 24.8 Å². The standard InChI is InChI=1S/C10H22N2O2S.ClH/c1-11-7-8-12-15(13,14)9-10-5-3-2-4-6-10;/h10-12H,2-9H2,1H3;1H. The molecule has 0 heterocycles. The molecule has 2 N–H and O–H groups in total. The predicted octanol–water partition coefficient (Wildman–Crippen LogP) is 1.13. The van der Waals surface area contributed by atoms with Crippen molar-refractivity contribution in [2.24, 2.45) is 5.92 Å². The Hall–Kier alpha value is 0.160. The molecule has 0 atom stereocenters. The first-order valence-electron chi connectivity index (χ1n) is 5.76. The van der Waals surface area contributed by atoms with E-state index in [2.05, 4.69) is 10.0 Å². The molecular weight excluding hydrogens is 248 g/mol. The first-order chi connectivity index (χ1) is 7.14. The number of nitrogens with one attached hydrogen (secondary N) is 2. The molecule has 0 aromatic heterocycles. The topological polar surface area (TPSA) is 58.2 Å². The van der Waals surface area contributed by atoms with Gasteiger partial charge in [-0.1, -0.05) is 19.3 Å². The molecule has 0 aromatic rings. The molecule has 0 amide bonds. The summed E-state index contributed by atoms with van der Waals surface area (Å²) < 4.78 is 25.9. The molecule has 0 spiro atoms. The highest BCUT2D eigenvalue weighted by molar-refractivity contribution is 7.89. The van der Waals surface area contributed by atoms with Gasteiger partial charge in [0.2, 0.25) is 10.0 Å². The highest BCUT2D eigenvalue weighted by atomic mass is 35.5. The van der Waals surface area contributed by atoms with Crippen LogP contribution in [0.25, 0.3) is 0 Å². The number of hydrogen-bond donors (Lipinski definition) is 2. The van der Waals surface area contributed by atoms with Crippen molar-refractivity contribution in [1.29, 1.82) is 0 Å². The Kier molecular flexibility index (Phi) is 8.36. The summed E-state index contributed by atoms with van der Waals surface area (Å²) in [5, 5.41) is 2.92. The molecule has 1 saturated carbocycles. The minimum atomic E-state index is -3.04. The van der Waals surface area contributed by atoms with E-state index in [1.54, 1.807) is 0 Å². The molecule has 0 unspecified atom stereocenters. The van der Waals surface area contributed by atoms with Gasteiger partial charge in [-0.3, -0.25) is 0 Å². The molecule has 0 saturated heterocycles. The van der Waals surface area contributed by atoms with Crippen LogP contribution >= 0.6 is 12.4 Å². The SMILES string of the molecule is CNCCNS(=O)(=O)CC1CCCCC1.Cl. The lowest BCUT2D eigenvalue weighted by atomic mass is 9.91. The van der Waals surface area contributed by atoms with Crippen molar-refractivity contribution in [2.75, 3.05) is 25.9 Å². The van der Waals surface area contributed by atoms with E-state index in [1.165, 1.54) is 19.3 Å². The maximum absolute atomic E-state index is 11.6. The fourth-order valence-corrected chi connectivity index (χ4v) is 3.54. The maximum Gasteiger partial charge on any atom is 0.211 e. The number of sulfonamides is 1. The Bertz CT molecular complexity index is 264. The van der Waals surface area contributed by atoms with Crippen LogP contribution in [-0.2, 0) is 10.0 Å². The summed E-state index contributed by atoms with van der Waals surface area (Å²) in [4.78, 5) is 0. The highest BCUT2D eigenvalue weighted by Crippen LogP contribution is 2.24. The van der Waals surface area contributed by atoms with Crippen LogP contribution in [0.1, 0.15) is 32.1 Å². The molecule has 1 fully saturated rings. The lowest BCUT2D eigenvalue weighted by Crippen LogP contribution is -2.34. The zero-order chi connectivity index (χ0) is 11.1. The van der Waals surface area contributed by atoms with Crippen LogP contribution in [0.15, 0.2) is 0 Å². The summed E-state index contributed by atoms with van der Waals surface area (Å²) in [6.45, 7) is 1.18. The number of halogens is 1. The van der Waals surface area contributed by atoms with E-state index < -0.39 is 10.0 Å². The molecule has 0 radical (unpaired) electrons. The summed E-state index contributed by atoms with van der Waals surface area (Å²) in [5.74, 6) is 0.697. The molecule has 1 aliphatic carbocycles. The van der Waals surface area contributed by atoms with Crippen LogP contribution < -0.4 is 10.0 Å². The van der Waals surface area contributed by atoms with Crippen molar-refractivity contribution in [3.8, 4) is 0 Å². The fourth-order valence-electron chi connectivity index (χ4n) is 2.05. The van der Waals surface area contributed by atoms with Crippen molar-refractivity contribution >= 4 is 22.4 Å². The minimum absolute atomic E-state index is 0. The normalized spacial score (nSPS) is 18.1. The Balaban J connectivity index is 0.00000225.